The number of carbonyl (C=O) groups is 1. The molecule has 1 heterocycles. The highest BCUT2D eigenvalue weighted by atomic mass is 35.5. The first-order valence-electron chi connectivity index (χ1n) is 8.92. The summed E-state index contributed by atoms with van der Waals surface area (Å²) in [4.78, 5) is 12.7. The number of anilines is 1. The third-order valence-electron chi connectivity index (χ3n) is 4.75. The van der Waals surface area contributed by atoms with Crippen molar-refractivity contribution in [1.29, 1.82) is 0 Å². The number of nitrogens with one attached hydrogen (secondary N) is 1. The highest BCUT2D eigenvalue weighted by Gasteiger charge is 2.36. The van der Waals surface area contributed by atoms with Crippen molar-refractivity contribution in [2.24, 2.45) is 5.92 Å². The van der Waals surface area contributed by atoms with Crippen molar-refractivity contribution in [3.8, 4) is 0 Å². The lowest BCUT2D eigenvalue weighted by Crippen LogP contribution is -2.43. The van der Waals surface area contributed by atoms with Gasteiger partial charge in [0.1, 0.15) is 0 Å². The number of carbonyl (C=O) groups excluding carboxylic acids is 1. The molecule has 0 aliphatic carbocycles. The van der Waals surface area contributed by atoms with E-state index in [0.29, 0.717) is 17.9 Å². The molecule has 0 radical (unpaired) electrons. The molecule has 1 aliphatic heterocycles. The number of sulfonamides is 1. The molecule has 5 nitrogen and oxygen atoms in total. The van der Waals surface area contributed by atoms with Crippen LogP contribution >= 0.6 is 23.2 Å². The summed E-state index contributed by atoms with van der Waals surface area (Å²) in [6, 6.07) is 8.67. The fraction of sp³-hybridized carbons (Fsp3) is 0.316. The predicted octanol–water partition coefficient (Wildman–Crippen LogP) is 5.05. The number of nitrogens with zero attached hydrogens (tertiary/aromatic N) is 1. The maximum atomic E-state index is 13.2. The average Bonchev–Trinajstić information content (AvgIpc) is 2.69. The van der Waals surface area contributed by atoms with E-state index in [1.807, 2.05) is 0 Å². The van der Waals surface area contributed by atoms with Crippen molar-refractivity contribution in [1.82, 2.24) is 4.31 Å². The molecule has 1 atom stereocenters. The number of benzene rings is 2. The van der Waals surface area contributed by atoms with E-state index in [-0.39, 0.29) is 23.0 Å². The summed E-state index contributed by atoms with van der Waals surface area (Å²) in [7, 11) is -3.86. The van der Waals surface area contributed by atoms with E-state index < -0.39 is 39.3 Å². The maximum absolute atomic E-state index is 13.2. The predicted molar refractivity (Wildman–Crippen MR) is 108 cm³/mol. The summed E-state index contributed by atoms with van der Waals surface area (Å²) in [5.41, 5.74) is -1.49. The van der Waals surface area contributed by atoms with Crippen LogP contribution in [0.5, 0.6) is 0 Å². The summed E-state index contributed by atoms with van der Waals surface area (Å²) in [6.45, 7) is 0.0786. The second-order valence-electron chi connectivity index (χ2n) is 6.83. The van der Waals surface area contributed by atoms with Gasteiger partial charge in [0.25, 0.3) is 0 Å². The van der Waals surface area contributed by atoms with Gasteiger partial charge in [-0.05, 0) is 55.3 Å². The van der Waals surface area contributed by atoms with Crippen LogP contribution in [0.15, 0.2) is 47.4 Å². The van der Waals surface area contributed by atoms with Crippen LogP contribution in [0, 0.1) is 5.92 Å². The molecule has 1 fully saturated rings. The van der Waals surface area contributed by atoms with Gasteiger partial charge in [-0.3, -0.25) is 4.79 Å². The van der Waals surface area contributed by atoms with E-state index in [4.69, 9.17) is 23.2 Å². The van der Waals surface area contributed by atoms with E-state index in [9.17, 15) is 26.4 Å². The van der Waals surface area contributed by atoms with Gasteiger partial charge in [-0.15, -0.1) is 0 Å². The molecule has 1 aliphatic rings. The van der Waals surface area contributed by atoms with Crippen LogP contribution in [0.4, 0.5) is 18.9 Å². The van der Waals surface area contributed by atoms with Gasteiger partial charge in [-0.25, -0.2) is 8.42 Å². The summed E-state index contributed by atoms with van der Waals surface area (Å²) in [5, 5.41) is 2.55. The summed E-state index contributed by atoms with van der Waals surface area (Å²) in [6.07, 6.45) is -3.95. The number of amides is 1. The molecular formula is C19H17Cl2F3N2O3S. The number of hydrogen-bond acceptors (Lipinski definition) is 3. The minimum absolute atomic E-state index is 0.0324. The van der Waals surface area contributed by atoms with Crippen molar-refractivity contribution in [2.75, 3.05) is 18.4 Å². The number of hydrogen-bond donors (Lipinski definition) is 1. The second-order valence-corrected chi connectivity index (χ2v) is 9.64. The first-order chi connectivity index (χ1) is 14.0. The largest absolute Gasteiger partial charge is 0.418 e. The third kappa shape index (κ3) is 5.08. The molecule has 11 heteroatoms. The third-order valence-corrected chi connectivity index (χ3v) is 7.12. The Kier molecular flexibility index (Phi) is 6.66. The minimum atomic E-state index is -4.70. The molecule has 0 spiro atoms. The number of halogens is 5. The average molecular weight is 481 g/mol. The maximum Gasteiger partial charge on any atom is 0.418 e. The molecule has 30 heavy (non-hydrogen) atoms. The SMILES string of the molecule is O=C(Nc1ccc(Cl)cc1C(F)(F)F)[C@@H]1CCCN(S(=O)(=O)c2ccc(Cl)cc2)C1. The lowest BCUT2D eigenvalue weighted by molar-refractivity contribution is -0.137. The zero-order valence-corrected chi connectivity index (χ0v) is 17.7. The van der Waals surface area contributed by atoms with Crippen LogP contribution in [0.1, 0.15) is 18.4 Å². The van der Waals surface area contributed by atoms with E-state index >= 15 is 0 Å². The fourth-order valence-corrected chi connectivity index (χ4v) is 5.05. The van der Waals surface area contributed by atoms with Crippen molar-refractivity contribution in [3.63, 3.8) is 0 Å². The van der Waals surface area contributed by atoms with E-state index in [2.05, 4.69) is 5.32 Å². The highest BCUT2D eigenvalue weighted by molar-refractivity contribution is 7.89. The van der Waals surface area contributed by atoms with Crippen molar-refractivity contribution in [3.05, 3.63) is 58.1 Å². The normalized spacial score (nSPS) is 18.2. The molecule has 2 aromatic carbocycles. The van der Waals surface area contributed by atoms with Crippen LogP contribution < -0.4 is 5.32 Å². The molecule has 162 valence electrons. The first-order valence-corrected chi connectivity index (χ1v) is 11.1. The first kappa shape index (κ1) is 22.9. The summed E-state index contributed by atoms with van der Waals surface area (Å²) in [5.74, 6) is -1.48. The molecule has 2 aromatic rings. The Morgan fingerprint density at radius 2 is 1.70 bits per heavy atom. The van der Waals surface area contributed by atoms with E-state index in [0.717, 1.165) is 16.4 Å². The molecular weight excluding hydrogens is 464 g/mol. The molecule has 1 N–H and O–H groups in total. The van der Waals surface area contributed by atoms with Gasteiger partial charge in [-0.1, -0.05) is 23.2 Å². The highest BCUT2D eigenvalue weighted by Crippen LogP contribution is 2.37. The van der Waals surface area contributed by atoms with E-state index in [1.54, 1.807) is 0 Å². The van der Waals surface area contributed by atoms with Crippen LogP contribution in [0.3, 0.4) is 0 Å². The van der Waals surface area contributed by atoms with Crippen LogP contribution in [-0.4, -0.2) is 31.7 Å². The van der Waals surface area contributed by atoms with Gasteiger partial charge in [-0.2, -0.15) is 17.5 Å². The van der Waals surface area contributed by atoms with Gasteiger partial charge < -0.3 is 5.32 Å². The molecule has 0 unspecified atom stereocenters. The molecule has 0 saturated carbocycles. The molecule has 3 rings (SSSR count). The number of alkyl halides is 3. The quantitative estimate of drug-likeness (QED) is 0.665. The molecule has 1 amide bonds. The fourth-order valence-electron chi connectivity index (χ4n) is 3.23. The van der Waals surface area contributed by atoms with Crippen molar-refractivity contribution >= 4 is 44.8 Å². The van der Waals surface area contributed by atoms with Crippen molar-refractivity contribution < 1.29 is 26.4 Å². The molecule has 1 saturated heterocycles. The minimum Gasteiger partial charge on any atom is -0.325 e. The lowest BCUT2D eigenvalue weighted by atomic mass is 9.98. The smallest absolute Gasteiger partial charge is 0.325 e. The Labute approximate surface area is 181 Å². The van der Waals surface area contributed by atoms with Gasteiger partial charge in [0.15, 0.2) is 0 Å². The van der Waals surface area contributed by atoms with Gasteiger partial charge >= 0.3 is 6.18 Å². The van der Waals surface area contributed by atoms with Gasteiger partial charge in [0, 0.05) is 23.1 Å². The Bertz CT molecular complexity index is 1040. The van der Waals surface area contributed by atoms with Crippen LogP contribution in [0.2, 0.25) is 10.0 Å². The lowest BCUT2D eigenvalue weighted by Gasteiger charge is -2.31. The molecule has 0 aromatic heterocycles. The molecule has 0 bridgehead atoms. The zero-order valence-electron chi connectivity index (χ0n) is 15.4. The van der Waals surface area contributed by atoms with Crippen LogP contribution in [0.25, 0.3) is 0 Å². The Morgan fingerprint density at radius 1 is 1.07 bits per heavy atom. The summed E-state index contributed by atoms with van der Waals surface area (Å²) < 4.78 is 66.6. The van der Waals surface area contributed by atoms with Crippen molar-refractivity contribution in [2.45, 2.75) is 23.9 Å². The Morgan fingerprint density at radius 3 is 2.33 bits per heavy atom. The number of rotatable bonds is 4. The standard InChI is InChI=1S/C19H17Cl2F3N2O3S/c20-13-3-6-15(7-4-13)30(28,29)26-9-1-2-12(11-26)18(27)25-17-8-5-14(21)10-16(17)19(22,23)24/h3-8,10,12H,1-2,9,11H2,(H,25,27)/t12-/m1/s1. The van der Waals surface area contributed by atoms with Gasteiger partial charge in [0.05, 0.1) is 22.1 Å². The zero-order chi connectivity index (χ0) is 22.1. The van der Waals surface area contributed by atoms with Gasteiger partial charge in [0.2, 0.25) is 15.9 Å². The topological polar surface area (TPSA) is 66.5 Å². The second kappa shape index (κ2) is 8.74. The number of piperidine rings is 1. The Balaban J connectivity index is 1.78. The Hall–Kier alpha value is -1.81. The van der Waals surface area contributed by atoms with Crippen LogP contribution in [-0.2, 0) is 21.0 Å². The monoisotopic (exact) mass is 480 g/mol. The van der Waals surface area contributed by atoms with E-state index in [1.165, 1.54) is 30.3 Å². The summed E-state index contributed by atoms with van der Waals surface area (Å²) >= 11 is 11.4.